The lowest BCUT2D eigenvalue weighted by Crippen LogP contribution is -2.51. The third-order valence-electron chi connectivity index (χ3n) is 5.92. The summed E-state index contributed by atoms with van der Waals surface area (Å²) in [4.78, 5) is 28.1. The third kappa shape index (κ3) is 7.57. The maximum Gasteiger partial charge on any atom is 0.264 e. The molecule has 1 N–H and O–H groups in total. The Morgan fingerprint density at radius 2 is 1.51 bits per heavy atom. The quantitative estimate of drug-likeness (QED) is 0.331. The predicted octanol–water partition coefficient (Wildman–Crippen LogP) is 4.87. The highest BCUT2D eigenvalue weighted by atomic mass is 35.5. The topological polar surface area (TPSA) is 86.8 Å². The van der Waals surface area contributed by atoms with E-state index in [1.165, 1.54) is 29.2 Å². The number of anilines is 1. The summed E-state index contributed by atoms with van der Waals surface area (Å²) >= 11 is 5.96. The van der Waals surface area contributed by atoms with E-state index in [0.717, 1.165) is 22.7 Å². The van der Waals surface area contributed by atoms with E-state index in [-0.39, 0.29) is 17.3 Å². The molecule has 37 heavy (non-hydrogen) atoms. The summed E-state index contributed by atoms with van der Waals surface area (Å²) in [6.07, 6.45) is 1.75. The zero-order valence-electron chi connectivity index (χ0n) is 21.0. The molecular weight excluding hydrogens is 510 g/mol. The molecule has 0 fully saturated rings. The first-order chi connectivity index (χ1) is 17.7. The number of halogens is 1. The SMILES string of the molecule is CCCCNC(=O)C(C)N(Cc1ccccc1)C(=O)CN(c1ccccc1)S(=O)(=O)c1ccc(Cl)cc1. The van der Waals surface area contributed by atoms with Gasteiger partial charge in [-0.25, -0.2) is 8.42 Å². The lowest BCUT2D eigenvalue weighted by Gasteiger charge is -2.32. The Hall–Kier alpha value is -3.36. The van der Waals surface area contributed by atoms with Gasteiger partial charge < -0.3 is 10.2 Å². The Morgan fingerprint density at radius 3 is 2.11 bits per heavy atom. The van der Waals surface area contributed by atoms with Crippen molar-refractivity contribution in [3.8, 4) is 0 Å². The van der Waals surface area contributed by atoms with E-state index in [2.05, 4.69) is 5.32 Å². The van der Waals surface area contributed by atoms with Crippen molar-refractivity contribution in [2.45, 2.75) is 44.2 Å². The van der Waals surface area contributed by atoms with Gasteiger partial charge in [0.2, 0.25) is 11.8 Å². The molecule has 0 aromatic heterocycles. The zero-order chi connectivity index (χ0) is 26.8. The first kappa shape index (κ1) is 28.2. The molecule has 0 spiro atoms. The standard InChI is InChI=1S/C28H32ClN3O4S/c1-3-4-19-30-28(34)22(2)31(20-23-11-7-5-8-12-23)27(33)21-32(25-13-9-6-10-14-25)37(35,36)26-17-15-24(29)16-18-26/h5-18,22H,3-4,19-21H2,1-2H3,(H,30,34). The van der Waals surface area contributed by atoms with E-state index in [4.69, 9.17) is 11.6 Å². The number of carbonyl (C=O) groups is 2. The van der Waals surface area contributed by atoms with Crippen LogP contribution in [0.2, 0.25) is 5.02 Å². The van der Waals surface area contributed by atoms with Gasteiger partial charge in [0, 0.05) is 18.1 Å². The van der Waals surface area contributed by atoms with Gasteiger partial charge in [0.15, 0.2) is 0 Å². The Kier molecular flexibility index (Phi) is 10.1. The fraction of sp³-hybridized carbons (Fsp3) is 0.286. The monoisotopic (exact) mass is 541 g/mol. The summed E-state index contributed by atoms with van der Waals surface area (Å²) in [6, 6.07) is 22.7. The number of hydrogen-bond donors (Lipinski definition) is 1. The molecule has 0 heterocycles. The van der Waals surface area contributed by atoms with Crippen LogP contribution < -0.4 is 9.62 Å². The van der Waals surface area contributed by atoms with Crippen molar-refractivity contribution in [3.63, 3.8) is 0 Å². The summed E-state index contributed by atoms with van der Waals surface area (Å²) in [5.41, 5.74) is 1.17. The molecule has 7 nitrogen and oxygen atoms in total. The minimum absolute atomic E-state index is 0.00789. The van der Waals surface area contributed by atoms with E-state index in [9.17, 15) is 18.0 Å². The van der Waals surface area contributed by atoms with E-state index < -0.39 is 28.5 Å². The van der Waals surface area contributed by atoms with Gasteiger partial charge in [-0.05, 0) is 55.3 Å². The van der Waals surface area contributed by atoms with Gasteiger partial charge in [-0.2, -0.15) is 0 Å². The number of nitrogens with zero attached hydrogens (tertiary/aromatic N) is 2. The molecule has 9 heteroatoms. The number of nitrogens with one attached hydrogen (secondary N) is 1. The average Bonchev–Trinajstić information content (AvgIpc) is 2.91. The van der Waals surface area contributed by atoms with Crippen LogP contribution >= 0.6 is 11.6 Å². The Morgan fingerprint density at radius 1 is 0.919 bits per heavy atom. The van der Waals surface area contributed by atoms with Gasteiger partial charge in [-0.15, -0.1) is 0 Å². The molecule has 3 aromatic carbocycles. The van der Waals surface area contributed by atoms with Gasteiger partial charge in [-0.1, -0.05) is 73.5 Å². The van der Waals surface area contributed by atoms with Crippen LogP contribution in [0.4, 0.5) is 5.69 Å². The van der Waals surface area contributed by atoms with Gasteiger partial charge in [0.25, 0.3) is 10.0 Å². The highest BCUT2D eigenvalue weighted by molar-refractivity contribution is 7.92. The maximum absolute atomic E-state index is 13.8. The fourth-order valence-corrected chi connectivity index (χ4v) is 5.30. The van der Waals surface area contributed by atoms with Crippen molar-refractivity contribution < 1.29 is 18.0 Å². The van der Waals surface area contributed by atoms with Gasteiger partial charge in [0.1, 0.15) is 12.6 Å². The van der Waals surface area contributed by atoms with Crippen molar-refractivity contribution in [2.75, 3.05) is 17.4 Å². The van der Waals surface area contributed by atoms with Crippen LogP contribution in [0.25, 0.3) is 0 Å². The van der Waals surface area contributed by atoms with Crippen LogP contribution in [-0.4, -0.2) is 44.3 Å². The largest absolute Gasteiger partial charge is 0.354 e. The van der Waals surface area contributed by atoms with Crippen molar-refractivity contribution in [3.05, 3.63) is 95.5 Å². The van der Waals surface area contributed by atoms with Crippen LogP contribution in [0.1, 0.15) is 32.3 Å². The fourth-order valence-electron chi connectivity index (χ4n) is 3.76. The molecule has 3 rings (SSSR count). The van der Waals surface area contributed by atoms with Gasteiger partial charge in [-0.3, -0.25) is 13.9 Å². The van der Waals surface area contributed by atoms with Crippen molar-refractivity contribution in [1.82, 2.24) is 10.2 Å². The van der Waals surface area contributed by atoms with Crippen LogP contribution in [0.5, 0.6) is 0 Å². The maximum atomic E-state index is 13.8. The molecule has 0 saturated carbocycles. The summed E-state index contributed by atoms with van der Waals surface area (Å²) in [6.45, 7) is 3.87. The summed E-state index contributed by atoms with van der Waals surface area (Å²) in [5.74, 6) is -0.784. The number of rotatable bonds is 12. The molecule has 0 aliphatic heterocycles. The predicted molar refractivity (Wildman–Crippen MR) is 147 cm³/mol. The number of hydrogen-bond acceptors (Lipinski definition) is 4. The van der Waals surface area contributed by atoms with E-state index in [1.54, 1.807) is 37.3 Å². The second-order valence-corrected chi connectivity index (χ2v) is 10.9. The van der Waals surface area contributed by atoms with E-state index in [1.807, 2.05) is 37.3 Å². The molecule has 0 aliphatic rings. The summed E-state index contributed by atoms with van der Waals surface area (Å²) in [7, 11) is -4.11. The molecule has 1 unspecified atom stereocenters. The zero-order valence-corrected chi connectivity index (χ0v) is 22.6. The molecule has 1 atom stereocenters. The normalized spacial score (nSPS) is 12.0. The Labute approximate surface area is 224 Å². The number of unbranched alkanes of at least 4 members (excludes halogenated alkanes) is 1. The average molecular weight is 542 g/mol. The van der Waals surface area contributed by atoms with Crippen molar-refractivity contribution >= 4 is 39.1 Å². The molecule has 3 aromatic rings. The highest BCUT2D eigenvalue weighted by Crippen LogP contribution is 2.25. The number of carbonyl (C=O) groups excluding carboxylic acids is 2. The smallest absolute Gasteiger partial charge is 0.264 e. The molecule has 0 aliphatic carbocycles. The lowest BCUT2D eigenvalue weighted by molar-refractivity contribution is -0.139. The molecule has 0 bridgehead atoms. The second-order valence-electron chi connectivity index (χ2n) is 8.63. The Balaban J connectivity index is 1.95. The first-order valence-electron chi connectivity index (χ1n) is 12.2. The van der Waals surface area contributed by atoms with Crippen LogP contribution in [0, 0.1) is 0 Å². The van der Waals surface area contributed by atoms with Crippen molar-refractivity contribution in [2.24, 2.45) is 0 Å². The highest BCUT2D eigenvalue weighted by Gasteiger charge is 2.32. The number of amides is 2. The minimum Gasteiger partial charge on any atom is -0.354 e. The molecule has 0 radical (unpaired) electrons. The van der Waals surface area contributed by atoms with Crippen LogP contribution in [0.15, 0.2) is 89.8 Å². The third-order valence-corrected chi connectivity index (χ3v) is 7.96. The van der Waals surface area contributed by atoms with Gasteiger partial charge in [0.05, 0.1) is 10.6 Å². The summed E-state index contributed by atoms with van der Waals surface area (Å²) < 4.78 is 28.4. The molecule has 0 saturated heterocycles. The lowest BCUT2D eigenvalue weighted by atomic mass is 10.1. The van der Waals surface area contributed by atoms with Gasteiger partial charge >= 0.3 is 0 Å². The van der Waals surface area contributed by atoms with Crippen molar-refractivity contribution in [1.29, 1.82) is 0 Å². The number of para-hydroxylation sites is 1. The minimum atomic E-state index is -4.11. The summed E-state index contributed by atoms with van der Waals surface area (Å²) in [5, 5.41) is 3.27. The molecule has 196 valence electrons. The van der Waals surface area contributed by atoms with Crippen LogP contribution in [-0.2, 0) is 26.2 Å². The number of benzene rings is 3. The van der Waals surface area contributed by atoms with E-state index in [0.29, 0.717) is 17.3 Å². The van der Waals surface area contributed by atoms with Crippen LogP contribution in [0.3, 0.4) is 0 Å². The first-order valence-corrected chi connectivity index (χ1v) is 14.0. The second kappa shape index (κ2) is 13.3. The molecule has 2 amide bonds. The Bertz CT molecular complexity index is 1270. The number of sulfonamides is 1. The van der Waals surface area contributed by atoms with E-state index >= 15 is 0 Å². The molecular formula is C28H32ClN3O4S.